The number of carbonyl (C=O) groups excluding carboxylic acids is 1. The Balaban J connectivity index is 1.58. The zero-order valence-electron chi connectivity index (χ0n) is 15.1. The fraction of sp³-hybridized carbons (Fsp3) is 0.190. The lowest BCUT2D eigenvalue weighted by Crippen LogP contribution is -2.27. The van der Waals surface area contributed by atoms with Crippen LogP contribution in [0.2, 0.25) is 5.02 Å². The number of amides is 1. The Bertz CT molecular complexity index is 915. The van der Waals surface area contributed by atoms with E-state index in [1.165, 1.54) is 0 Å². The van der Waals surface area contributed by atoms with Crippen molar-refractivity contribution in [1.82, 2.24) is 15.3 Å². The number of carbonyl (C=O) groups is 1. The second kappa shape index (κ2) is 9.14. The van der Waals surface area contributed by atoms with Crippen molar-refractivity contribution in [1.29, 1.82) is 0 Å². The van der Waals surface area contributed by atoms with Crippen molar-refractivity contribution in [2.75, 3.05) is 11.9 Å². The molecule has 0 fully saturated rings. The van der Waals surface area contributed by atoms with Gasteiger partial charge >= 0.3 is 0 Å². The lowest BCUT2D eigenvalue weighted by Gasteiger charge is -2.09. The Morgan fingerprint density at radius 2 is 1.78 bits per heavy atom. The van der Waals surface area contributed by atoms with E-state index in [1.807, 2.05) is 61.5 Å². The largest absolute Gasteiger partial charge is 0.350 e. The molecule has 0 unspecified atom stereocenters. The van der Waals surface area contributed by atoms with E-state index in [0.29, 0.717) is 36.2 Å². The van der Waals surface area contributed by atoms with E-state index >= 15 is 0 Å². The summed E-state index contributed by atoms with van der Waals surface area (Å²) in [5.41, 5.74) is 3.28. The van der Waals surface area contributed by atoms with Gasteiger partial charge < -0.3 is 10.6 Å². The molecule has 2 aromatic carbocycles. The van der Waals surface area contributed by atoms with Crippen LogP contribution in [0, 0.1) is 6.92 Å². The monoisotopic (exact) mass is 380 g/mol. The highest BCUT2D eigenvalue weighted by Gasteiger charge is 2.10. The molecule has 0 bridgehead atoms. The maximum Gasteiger partial charge on any atom is 0.270 e. The van der Waals surface area contributed by atoms with E-state index in [9.17, 15) is 4.79 Å². The number of hydrogen-bond donors (Lipinski definition) is 2. The summed E-state index contributed by atoms with van der Waals surface area (Å²) in [5, 5.41) is 6.76. The summed E-state index contributed by atoms with van der Waals surface area (Å²) in [6.45, 7) is 2.95. The van der Waals surface area contributed by atoms with E-state index in [2.05, 4.69) is 20.6 Å². The quantitative estimate of drug-likeness (QED) is 0.649. The summed E-state index contributed by atoms with van der Waals surface area (Å²) in [6, 6.07) is 19.3. The molecule has 0 aliphatic carbocycles. The molecular weight excluding hydrogens is 360 g/mol. The van der Waals surface area contributed by atoms with Gasteiger partial charge in [-0.25, -0.2) is 9.97 Å². The number of nitrogens with one attached hydrogen (secondary N) is 2. The third-order valence-electron chi connectivity index (χ3n) is 3.97. The first-order valence-electron chi connectivity index (χ1n) is 8.76. The van der Waals surface area contributed by atoms with Crippen LogP contribution in [-0.2, 0) is 13.0 Å². The van der Waals surface area contributed by atoms with Crippen molar-refractivity contribution in [3.05, 3.63) is 88.2 Å². The molecule has 0 saturated carbocycles. The highest BCUT2D eigenvalue weighted by molar-refractivity contribution is 6.30. The first-order valence-corrected chi connectivity index (χ1v) is 9.14. The molecule has 1 heterocycles. The van der Waals surface area contributed by atoms with Gasteiger partial charge in [-0.15, -0.1) is 0 Å². The Kier molecular flexibility index (Phi) is 6.39. The Labute approximate surface area is 163 Å². The zero-order valence-corrected chi connectivity index (χ0v) is 15.8. The summed E-state index contributed by atoms with van der Waals surface area (Å²) in [6.07, 6.45) is 0.704. The molecule has 1 aromatic heterocycles. The predicted molar refractivity (Wildman–Crippen MR) is 108 cm³/mol. The smallest absolute Gasteiger partial charge is 0.270 e. The number of rotatable bonds is 7. The van der Waals surface area contributed by atoms with Gasteiger partial charge in [-0.3, -0.25) is 4.79 Å². The Hall–Kier alpha value is -2.92. The van der Waals surface area contributed by atoms with Gasteiger partial charge in [0.2, 0.25) is 5.95 Å². The van der Waals surface area contributed by atoms with Crippen molar-refractivity contribution in [3.63, 3.8) is 0 Å². The normalized spacial score (nSPS) is 10.4. The van der Waals surface area contributed by atoms with E-state index < -0.39 is 0 Å². The first kappa shape index (κ1) is 18.9. The highest BCUT2D eigenvalue weighted by Crippen LogP contribution is 2.11. The summed E-state index contributed by atoms with van der Waals surface area (Å²) in [7, 11) is 0. The van der Waals surface area contributed by atoms with Crippen LogP contribution in [0.3, 0.4) is 0 Å². The van der Waals surface area contributed by atoms with Crippen molar-refractivity contribution < 1.29 is 4.79 Å². The van der Waals surface area contributed by atoms with Crippen LogP contribution in [-0.4, -0.2) is 22.4 Å². The van der Waals surface area contributed by atoms with Gasteiger partial charge in [-0.05, 0) is 42.7 Å². The molecule has 27 heavy (non-hydrogen) atoms. The third-order valence-corrected chi connectivity index (χ3v) is 4.20. The van der Waals surface area contributed by atoms with Crippen molar-refractivity contribution in [2.24, 2.45) is 0 Å². The van der Waals surface area contributed by atoms with Gasteiger partial charge in [0.15, 0.2) is 0 Å². The summed E-state index contributed by atoms with van der Waals surface area (Å²) < 4.78 is 0. The molecular formula is C21H21ClN4O. The molecule has 138 valence electrons. The number of aromatic nitrogens is 2. The molecule has 0 radical (unpaired) electrons. The molecule has 0 aliphatic rings. The number of halogens is 1. The molecule has 0 spiro atoms. The second-order valence-corrected chi connectivity index (χ2v) is 6.63. The summed E-state index contributed by atoms with van der Waals surface area (Å²) >= 11 is 5.98. The first-order chi connectivity index (χ1) is 13.1. The molecule has 0 aliphatic heterocycles. The molecule has 3 aromatic rings. The van der Waals surface area contributed by atoms with Crippen LogP contribution < -0.4 is 10.6 Å². The van der Waals surface area contributed by atoms with Crippen LogP contribution in [0.1, 0.15) is 27.3 Å². The zero-order chi connectivity index (χ0) is 19.1. The molecule has 1 amide bonds. The van der Waals surface area contributed by atoms with Gasteiger partial charge in [0, 0.05) is 23.8 Å². The van der Waals surface area contributed by atoms with Crippen molar-refractivity contribution in [2.45, 2.75) is 19.9 Å². The fourth-order valence-corrected chi connectivity index (χ4v) is 2.86. The third kappa shape index (κ3) is 5.79. The van der Waals surface area contributed by atoms with E-state index in [4.69, 9.17) is 11.6 Å². The minimum Gasteiger partial charge on any atom is -0.350 e. The van der Waals surface area contributed by atoms with Crippen LogP contribution in [0.25, 0.3) is 0 Å². The molecule has 3 rings (SSSR count). The number of hydrogen-bond acceptors (Lipinski definition) is 4. The van der Waals surface area contributed by atoms with Crippen LogP contribution >= 0.6 is 11.6 Å². The Morgan fingerprint density at radius 1 is 1.00 bits per heavy atom. The predicted octanol–water partition coefficient (Wildman–Crippen LogP) is 4.02. The number of aryl methyl sites for hydroxylation is 1. The Morgan fingerprint density at radius 3 is 2.56 bits per heavy atom. The number of anilines is 1. The van der Waals surface area contributed by atoms with Crippen molar-refractivity contribution in [3.8, 4) is 0 Å². The van der Waals surface area contributed by atoms with Crippen LogP contribution in [0.5, 0.6) is 0 Å². The van der Waals surface area contributed by atoms with E-state index in [1.54, 1.807) is 6.07 Å². The van der Waals surface area contributed by atoms with E-state index in [-0.39, 0.29) is 5.91 Å². The van der Waals surface area contributed by atoms with Gasteiger partial charge in [0.1, 0.15) is 5.69 Å². The molecule has 0 atom stereocenters. The van der Waals surface area contributed by atoms with E-state index in [0.717, 1.165) is 16.8 Å². The van der Waals surface area contributed by atoms with Gasteiger partial charge in [0.25, 0.3) is 5.91 Å². The maximum absolute atomic E-state index is 12.4. The summed E-state index contributed by atoms with van der Waals surface area (Å²) in [5.74, 6) is 0.226. The fourth-order valence-electron chi connectivity index (χ4n) is 2.64. The van der Waals surface area contributed by atoms with Gasteiger partial charge in [-0.1, -0.05) is 54.1 Å². The average molecular weight is 381 g/mol. The van der Waals surface area contributed by atoms with Crippen LogP contribution in [0.4, 0.5) is 5.95 Å². The number of nitrogens with zero attached hydrogens (tertiary/aromatic N) is 2. The van der Waals surface area contributed by atoms with Crippen LogP contribution in [0.15, 0.2) is 60.7 Å². The second-order valence-electron chi connectivity index (χ2n) is 6.19. The highest BCUT2D eigenvalue weighted by atomic mass is 35.5. The molecule has 0 saturated heterocycles. The average Bonchev–Trinajstić information content (AvgIpc) is 2.67. The SMILES string of the molecule is Cc1cc(C(=O)NCCc2cccc(Cl)c2)nc(NCc2ccccc2)n1. The van der Waals surface area contributed by atoms with Crippen molar-refractivity contribution >= 4 is 23.5 Å². The molecule has 2 N–H and O–H groups in total. The maximum atomic E-state index is 12.4. The topological polar surface area (TPSA) is 66.9 Å². The minimum absolute atomic E-state index is 0.217. The van der Waals surface area contributed by atoms with Gasteiger partial charge in [-0.2, -0.15) is 0 Å². The molecule has 5 nitrogen and oxygen atoms in total. The number of benzene rings is 2. The van der Waals surface area contributed by atoms with Gasteiger partial charge in [0.05, 0.1) is 0 Å². The summed E-state index contributed by atoms with van der Waals surface area (Å²) in [4.78, 5) is 21.1. The molecule has 6 heteroatoms. The minimum atomic E-state index is -0.217. The lowest BCUT2D eigenvalue weighted by atomic mass is 10.1. The lowest BCUT2D eigenvalue weighted by molar-refractivity contribution is 0.0949. The standard InChI is InChI=1S/C21H21ClN4O/c1-15-12-19(20(27)23-11-10-16-8-5-9-18(22)13-16)26-21(25-15)24-14-17-6-3-2-4-7-17/h2-9,12-13H,10-11,14H2,1H3,(H,23,27)(H,24,25,26).